The number of hydrogen-bond acceptors (Lipinski definition) is 4. The number of benzene rings is 2. The van der Waals surface area contributed by atoms with Crippen LogP contribution in [0.4, 0.5) is 0 Å². The molecule has 0 aliphatic carbocycles. The van der Waals surface area contributed by atoms with Crippen molar-refractivity contribution >= 4 is 11.9 Å². The lowest BCUT2D eigenvalue weighted by Crippen LogP contribution is -2.36. The minimum absolute atomic E-state index is 0.262. The predicted molar refractivity (Wildman–Crippen MR) is 101 cm³/mol. The van der Waals surface area contributed by atoms with Crippen molar-refractivity contribution in [1.82, 2.24) is 14.9 Å². The fourth-order valence-electron chi connectivity index (χ4n) is 2.92. The quantitative estimate of drug-likeness (QED) is 0.683. The number of esters is 1. The highest BCUT2D eigenvalue weighted by Gasteiger charge is 2.28. The molecular weight excluding hydrogens is 342 g/mol. The molecule has 1 N–H and O–H groups in total. The van der Waals surface area contributed by atoms with Crippen molar-refractivity contribution in [3.63, 3.8) is 0 Å². The Labute approximate surface area is 157 Å². The molecule has 6 heteroatoms. The molecule has 6 nitrogen and oxygen atoms in total. The van der Waals surface area contributed by atoms with Crippen LogP contribution in [0.1, 0.15) is 28.9 Å². The molecule has 3 rings (SSSR count). The number of nitrogens with zero attached hydrogens (tertiary/aromatic N) is 2. The second kappa shape index (κ2) is 8.31. The van der Waals surface area contributed by atoms with E-state index in [9.17, 15) is 9.59 Å². The van der Waals surface area contributed by atoms with E-state index in [1.807, 2.05) is 53.2 Å². The molecule has 1 aromatic heterocycles. The fraction of sp³-hybridized carbons (Fsp3) is 0.190. The molecule has 0 saturated carbocycles. The summed E-state index contributed by atoms with van der Waals surface area (Å²) in [6.45, 7) is 1.74. The summed E-state index contributed by atoms with van der Waals surface area (Å²) < 4.78 is 6.69. The van der Waals surface area contributed by atoms with Gasteiger partial charge in [-0.1, -0.05) is 36.4 Å². The second-order valence-electron chi connectivity index (χ2n) is 6.19. The minimum atomic E-state index is -0.529. The van der Waals surface area contributed by atoms with Gasteiger partial charge in [-0.15, -0.1) is 0 Å². The van der Waals surface area contributed by atoms with Gasteiger partial charge in [0, 0.05) is 23.6 Å². The SMILES string of the molecule is COC(=O)[C@H](C)[C@@H](NC(=O)c1cccc(-n2ccnc2)c1)c1ccccc1. The molecule has 2 atom stereocenters. The number of amides is 1. The molecule has 0 spiro atoms. The highest BCUT2D eigenvalue weighted by atomic mass is 16.5. The van der Waals surface area contributed by atoms with Crippen LogP contribution in [-0.4, -0.2) is 28.5 Å². The number of aromatic nitrogens is 2. The van der Waals surface area contributed by atoms with Crippen LogP contribution in [0, 0.1) is 5.92 Å². The average molecular weight is 363 g/mol. The normalized spacial score (nSPS) is 12.8. The van der Waals surface area contributed by atoms with Crippen LogP contribution in [0.3, 0.4) is 0 Å². The van der Waals surface area contributed by atoms with E-state index in [0.717, 1.165) is 11.3 Å². The highest BCUT2D eigenvalue weighted by Crippen LogP contribution is 2.24. The van der Waals surface area contributed by atoms with Crippen molar-refractivity contribution in [2.75, 3.05) is 7.11 Å². The lowest BCUT2D eigenvalue weighted by atomic mass is 9.94. The maximum Gasteiger partial charge on any atom is 0.310 e. The third-order valence-corrected chi connectivity index (χ3v) is 4.43. The molecule has 2 aromatic carbocycles. The summed E-state index contributed by atoms with van der Waals surface area (Å²) in [5, 5.41) is 2.97. The summed E-state index contributed by atoms with van der Waals surface area (Å²) in [6.07, 6.45) is 5.16. The Bertz CT molecular complexity index is 907. The third kappa shape index (κ3) is 4.23. The van der Waals surface area contributed by atoms with E-state index in [1.165, 1.54) is 7.11 Å². The maximum atomic E-state index is 12.9. The first-order chi connectivity index (χ1) is 13.1. The van der Waals surface area contributed by atoms with Crippen molar-refractivity contribution in [2.45, 2.75) is 13.0 Å². The van der Waals surface area contributed by atoms with Gasteiger partial charge in [-0.2, -0.15) is 0 Å². The van der Waals surface area contributed by atoms with Gasteiger partial charge < -0.3 is 14.6 Å². The molecule has 138 valence electrons. The minimum Gasteiger partial charge on any atom is -0.469 e. The smallest absolute Gasteiger partial charge is 0.310 e. The summed E-state index contributed by atoms with van der Waals surface area (Å²) in [4.78, 5) is 29.0. The van der Waals surface area contributed by atoms with Crippen LogP contribution in [0.25, 0.3) is 5.69 Å². The van der Waals surface area contributed by atoms with Gasteiger partial charge in [0.25, 0.3) is 5.91 Å². The zero-order chi connectivity index (χ0) is 19.2. The Balaban J connectivity index is 1.86. The zero-order valence-corrected chi connectivity index (χ0v) is 15.2. The van der Waals surface area contributed by atoms with Crippen LogP contribution in [0.15, 0.2) is 73.3 Å². The monoisotopic (exact) mass is 363 g/mol. The van der Waals surface area contributed by atoms with Gasteiger partial charge in [0.15, 0.2) is 0 Å². The van der Waals surface area contributed by atoms with E-state index in [-0.39, 0.29) is 11.9 Å². The Hall–Kier alpha value is -3.41. The van der Waals surface area contributed by atoms with Gasteiger partial charge >= 0.3 is 5.97 Å². The molecule has 3 aromatic rings. The lowest BCUT2D eigenvalue weighted by molar-refractivity contribution is -0.145. The molecule has 0 saturated heterocycles. The maximum absolute atomic E-state index is 12.9. The van der Waals surface area contributed by atoms with Crippen molar-refractivity contribution < 1.29 is 14.3 Å². The van der Waals surface area contributed by atoms with Crippen molar-refractivity contribution in [3.05, 3.63) is 84.4 Å². The molecule has 0 bridgehead atoms. The molecule has 27 heavy (non-hydrogen) atoms. The van der Waals surface area contributed by atoms with Crippen LogP contribution in [0.2, 0.25) is 0 Å². The Morgan fingerprint density at radius 2 is 1.89 bits per heavy atom. The largest absolute Gasteiger partial charge is 0.469 e. The van der Waals surface area contributed by atoms with Gasteiger partial charge in [0.2, 0.25) is 0 Å². The summed E-state index contributed by atoms with van der Waals surface area (Å²) in [6, 6.07) is 16.1. The first kappa shape index (κ1) is 18.4. The molecule has 0 fully saturated rings. The number of nitrogens with one attached hydrogen (secondary N) is 1. The summed E-state index contributed by atoms with van der Waals surface area (Å²) in [5.41, 5.74) is 2.17. The van der Waals surface area contributed by atoms with Gasteiger partial charge in [0.05, 0.1) is 25.4 Å². The van der Waals surface area contributed by atoms with Crippen LogP contribution >= 0.6 is 0 Å². The number of imidazole rings is 1. The second-order valence-corrected chi connectivity index (χ2v) is 6.19. The molecule has 0 aliphatic heterocycles. The topological polar surface area (TPSA) is 73.2 Å². The van der Waals surface area contributed by atoms with Gasteiger partial charge in [-0.3, -0.25) is 9.59 Å². The third-order valence-electron chi connectivity index (χ3n) is 4.43. The van der Waals surface area contributed by atoms with Gasteiger partial charge in [0.1, 0.15) is 0 Å². The van der Waals surface area contributed by atoms with Crippen molar-refractivity contribution in [2.24, 2.45) is 5.92 Å². The number of rotatable bonds is 6. The van der Waals surface area contributed by atoms with Crippen molar-refractivity contribution in [3.8, 4) is 5.69 Å². The summed E-state index contributed by atoms with van der Waals surface area (Å²) in [5.74, 6) is -1.17. The fourth-order valence-corrected chi connectivity index (χ4v) is 2.92. The molecule has 1 amide bonds. The number of carbonyl (C=O) groups is 2. The van der Waals surface area contributed by atoms with Crippen LogP contribution in [-0.2, 0) is 9.53 Å². The highest BCUT2D eigenvalue weighted by molar-refractivity contribution is 5.95. The Morgan fingerprint density at radius 1 is 1.11 bits per heavy atom. The number of hydrogen-bond donors (Lipinski definition) is 1. The first-order valence-corrected chi connectivity index (χ1v) is 8.62. The lowest BCUT2D eigenvalue weighted by Gasteiger charge is -2.24. The van der Waals surface area contributed by atoms with Crippen LogP contribution < -0.4 is 5.32 Å². The first-order valence-electron chi connectivity index (χ1n) is 8.62. The summed E-state index contributed by atoms with van der Waals surface area (Å²) in [7, 11) is 1.34. The Morgan fingerprint density at radius 3 is 2.56 bits per heavy atom. The van der Waals surface area contributed by atoms with E-state index in [4.69, 9.17) is 4.74 Å². The van der Waals surface area contributed by atoms with E-state index in [1.54, 1.807) is 31.6 Å². The number of ether oxygens (including phenoxy) is 1. The van der Waals surface area contributed by atoms with Gasteiger partial charge in [-0.05, 0) is 30.7 Å². The number of methoxy groups -OCH3 is 1. The molecule has 1 heterocycles. The van der Waals surface area contributed by atoms with Gasteiger partial charge in [-0.25, -0.2) is 4.98 Å². The van der Waals surface area contributed by atoms with E-state index in [2.05, 4.69) is 10.3 Å². The average Bonchev–Trinajstić information content (AvgIpc) is 3.26. The summed E-state index contributed by atoms with van der Waals surface area (Å²) >= 11 is 0. The van der Waals surface area contributed by atoms with E-state index >= 15 is 0 Å². The van der Waals surface area contributed by atoms with E-state index in [0.29, 0.717) is 5.56 Å². The Kier molecular flexibility index (Phi) is 5.66. The van der Waals surface area contributed by atoms with E-state index < -0.39 is 12.0 Å². The molecule has 0 aliphatic rings. The zero-order valence-electron chi connectivity index (χ0n) is 15.2. The molecular formula is C21H21N3O3. The van der Waals surface area contributed by atoms with Crippen LogP contribution in [0.5, 0.6) is 0 Å². The standard InChI is InChI=1S/C21H21N3O3/c1-15(21(26)27-2)19(16-7-4-3-5-8-16)23-20(25)17-9-6-10-18(13-17)24-12-11-22-14-24/h3-15,19H,1-2H3,(H,23,25)/t15-,19-/m1/s1. The van der Waals surface area contributed by atoms with Crippen molar-refractivity contribution in [1.29, 1.82) is 0 Å². The predicted octanol–water partition coefficient (Wildman–Crippen LogP) is 3.15. The molecule has 0 radical (unpaired) electrons. The number of carbonyl (C=O) groups excluding carboxylic acids is 2. The molecule has 0 unspecified atom stereocenters.